The minimum absolute atomic E-state index is 0.00341. The van der Waals surface area contributed by atoms with Crippen molar-refractivity contribution < 1.29 is 4.79 Å². The zero-order valence-corrected chi connectivity index (χ0v) is 16.8. The van der Waals surface area contributed by atoms with Crippen LogP contribution >= 0.6 is 0 Å². The second kappa shape index (κ2) is 7.99. The third-order valence-electron chi connectivity index (χ3n) is 6.06. The number of fused-ring (bicyclic) bond motifs is 1. The van der Waals surface area contributed by atoms with Crippen molar-refractivity contribution in [2.24, 2.45) is 11.8 Å². The smallest absolute Gasteiger partial charge is 0.277 e. The Labute approximate surface area is 165 Å². The van der Waals surface area contributed by atoms with Crippen LogP contribution in [-0.2, 0) is 4.79 Å². The molecule has 2 fully saturated rings. The molecule has 0 unspecified atom stereocenters. The summed E-state index contributed by atoms with van der Waals surface area (Å²) in [5.74, 6) is 1.51. The third-order valence-corrected chi connectivity index (χ3v) is 6.06. The molecule has 3 heterocycles. The van der Waals surface area contributed by atoms with Crippen LogP contribution in [0.2, 0.25) is 0 Å². The summed E-state index contributed by atoms with van der Waals surface area (Å²) < 4.78 is 1.51. The van der Waals surface area contributed by atoms with Crippen LogP contribution in [0.1, 0.15) is 39.2 Å². The van der Waals surface area contributed by atoms with E-state index in [1.54, 1.807) is 12.1 Å². The number of hydrogen-bond donors (Lipinski definition) is 0. The molecular formula is C21H29N5O2. The molecule has 0 aliphatic carbocycles. The molecule has 0 bridgehead atoms. The number of carbonyl (C=O) groups excluding carboxylic acids is 1. The van der Waals surface area contributed by atoms with E-state index < -0.39 is 0 Å². The Hall–Kier alpha value is -2.28. The number of carbonyl (C=O) groups is 1. The Balaban J connectivity index is 1.37. The van der Waals surface area contributed by atoms with Gasteiger partial charge in [0.2, 0.25) is 5.91 Å². The van der Waals surface area contributed by atoms with Gasteiger partial charge in [0, 0.05) is 26.2 Å². The van der Waals surface area contributed by atoms with E-state index in [2.05, 4.69) is 29.1 Å². The fourth-order valence-corrected chi connectivity index (χ4v) is 4.81. The molecular weight excluding hydrogens is 354 g/mol. The molecule has 2 aromatic rings. The van der Waals surface area contributed by atoms with E-state index in [4.69, 9.17) is 0 Å². The number of hydrogen-bond acceptors (Lipinski definition) is 5. The summed E-state index contributed by atoms with van der Waals surface area (Å²) in [6, 6.07) is 7.30. The van der Waals surface area contributed by atoms with Crippen molar-refractivity contribution in [1.82, 2.24) is 24.8 Å². The second-order valence-electron chi connectivity index (χ2n) is 8.61. The highest BCUT2D eigenvalue weighted by atomic mass is 16.2. The summed E-state index contributed by atoms with van der Waals surface area (Å²) in [5, 5.41) is 8.94. The Kier molecular flexibility index (Phi) is 5.44. The van der Waals surface area contributed by atoms with Gasteiger partial charge in [-0.15, -0.1) is 5.10 Å². The van der Waals surface area contributed by atoms with Crippen LogP contribution in [0.3, 0.4) is 0 Å². The van der Waals surface area contributed by atoms with E-state index in [-0.39, 0.29) is 17.5 Å². The van der Waals surface area contributed by atoms with Gasteiger partial charge in [-0.3, -0.25) is 14.5 Å². The van der Waals surface area contributed by atoms with E-state index in [0.717, 1.165) is 25.9 Å². The fourth-order valence-electron chi connectivity index (χ4n) is 4.81. The number of nitrogens with zero attached hydrogens (tertiary/aromatic N) is 5. The van der Waals surface area contributed by atoms with Crippen LogP contribution in [0.15, 0.2) is 29.1 Å². The maximum absolute atomic E-state index is 12.8. The molecule has 2 aliphatic rings. The van der Waals surface area contributed by atoms with E-state index in [0.29, 0.717) is 42.4 Å². The quantitative estimate of drug-likeness (QED) is 0.810. The highest BCUT2D eigenvalue weighted by Crippen LogP contribution is 2.23. The topological polar surface area (TPSA) is 71.3 Å². The van der Waals surface area contributed by atoms with Crippen LogP contribution in [0, 0.1) is 11.8 Å². The second-order valence-corrected chi connectivity index (χ2v) is 8.61. The number of piperidine rings is 2. The van der Waals surface area contributed by atoms with Crippen molar-refractivity contribution in [3.63, 3.8) is 0 Å². The molecule has 2 saturated heterocycles. The third kappa shape index (κ3) is 3.94. The number of aromatic nitrogens is 3. The predicted molar refractivity (Wildman–Crippen MR) is 108 cm³/mol. The first kappa shape index (κ1) is 19.1. The number of benzene rings is 1. The predicted octanol–water partition coefficient (Wildman–Crippen LogP) is 1.93. The van der Waals surface area contributed by atoms with Gasteiger partial charge < -0.3 is 4.90 Å². The zero-order valence-electron chi connectivity index (χ0n) is 16.8. The summed E-state index contributed by atoms with van der Waals surface area (Å²) in [6.45, 7) is 8.40. The molecule has 2 aliphatic heterocycles. The average molecular weight is 383 g/mol. The molecule has 1 aromatic carbocycles. The minimum atomic E-state index is -0.0910. The molecule has 2 atom stereocenters. The van der Waals surface area contributed by atoms with E-state index in [9.17, 15) is 9.59 Å². The number of likely N-dealkylation sites (tertiary alicyclic amines) is 2. The largest absolute Gasteiger partial charge is 0.341 e. The van der Waals surface area contributed by atoms with E-state index in [1.165, 1.54) is 11.1 Å². The summed E-state index contributed by atoms with van der Waals surface area (Å²) in [4.78, 5) is 29.7. The van der Waals surface area contributed by atoms with Gasteiger partial charge in [-0.2, -0.15) is 0 Å². The molecule has 1 aromatic heterocycles. The summed E-state index contributed by atoms with van der Waals surface area (Å²) in [7, 11) is 0. The van der Waals surface area contributed by atoms with Crippen molar-refractivity contribution in [2.45, 2.75) is 39.2 Å². The lowest BCUT2D eigenvalue weighted by Gasteiger charge is -2.37. The highest BCUT2D eigenvalue weighted by Gasteiger charge is 2.28. The molecule has 0 spiro atoms. The Bertz CT molecular complexity index is 893. The van der Waals surface area contributed by atoms with Crippen LogP contribution in [0.5, 0.6) is 0 Å². The maximum Gasteiger partial charge on any atom is 0.277 e. The minimum Gasteiger partial charge on any atom is -0.341 e. The maximum atomic E-state index is 12.8. The molecule has 0 radical (unpaired) electrons. The first-order valence-electron chi connectivity index (χ1n) is 10.4. The van der Waals surface area contributed by atoms with Gasteiger partial charge in [-0.1, -0.05) is 31.2 Å². The molecule has 4 rings (SSSR count). The van der Waals surface area contributed by atoms with Crippen LogP contribution in [-0.4, -0.2) is 63.4 Å². The van der Waals surface area contributed by atoms with Gasteiger partial charge in [0.05, 0.1) is 18.0 Å². The van der Waals surface area contributed by atoms with Crippen molar-refractivity contribution in [3.05, 3.63) is 34.6 Å². The van der Waals surface area contributed by atoms with Crippen LogP contribution < -0.4 is 5.56 Å². The lowest BCUT2D eigenvalue weighted by molar-refractivity contribution is -0.134. The Morgan fingerprint density at radius 3 is 2.50 bits per heavy atom. The Morgan fingerprint density at radius 2 is 1.79 bits per heavy atom. The van der Waals surface area contributed by atoms with E-state index >= 15 is 0 Å². The van der Waals surface area contributed by atoms with Gasteiger partial charge in [0.1, 0.15) is 5.52 Å². The molecule has 7 nitrogen and oxygen atoms in total. The van der Waals surface area contributed by atoms with Crippen molar-refractivity contribution >= 4 is 16.8 Å². The molecule has 7 heteroatoms. The first-order valence-corrected chi connectivity index (χ1v) is 10.4. The molecule has 0 saturated carbocycles. The van der Waals surface area contributed by atoms with Crippen molar-refractivity contribution in [2.75, 3.05) is 32.7 Å². The van der Waals surface area contributed by atoms with Gasteiger partial charge in [-0.25, -0.2) is 4.68 Å². The average Bonchev–Trinajstić information content (AvgIpc) is 2.68. The van der Waals surface area contributed by atoms with E-state index in [1.807, 2.05) is 17.0 Å². The van der Waals surface area contributed by atoms with Crippen LogP contribution in [0.4, 0.5) is 0 Å². The SMILES string of the molecule is C[C@H]1C[C@H](C)CN(CC(=O)N2CCC(n3nnc4ccccc4c3=O)CC2)C1. The summed E-state index contributed by atoms with van der Waals surface area (Å²) in [5.41, 5.74) is 0.535. The van der Waals surface area contributed by atoms with Crippen molar-refractivity contribution in [1.29, 1.82) is 0 Å². The van der Waals surface area contributed by atoms with Gasteiger partial charge in [0.15, 0.2) is 0 Å². The lowest BCUT2D eigenvalue weighted by Crippen LogP contribution is -2.48. The van der Waals surface area contributed by atoms with Gasteiger partial charge in [0.25, 0.3) is 5.56 Å². The number of amides is 1. The molecule has 28 heavy (non-hydrogen) atoms. The molecule has 1 amide bonds. The Morgan fingerprint density at radius 1 is 1.11 bits per heavy atom. The van der Waals surface area contributed by atoms with Crippen LogP contribution in [0.25, 0.3) is 10.9 Å². The highest BCUT2D eigenvalue weighted by molar-refractivity contribution is 5.78. The first-order chi connectivity index (χ1) is 13.5. The normalized spacial score (nSPS) is 24.6. The van der Waals surface area contributed by atoms with Gasteiger partial charge >= 0.3 is 0 Å². The summed E-state index contributed by atoms with van der Waals surface area (Å²) in [6.07, 6.45) is 2.73. The fraction of sp³-hybridized carbons (Fsp3) is 0.619. The zero-order chi connectivity index (χ0) is 19.7. The number of rotatable bonds is 3. The monoisotopic (exact) mass is 383 g/mol. The summed E-state index contributed by atoms with van der Waals surface area (Å²) >= 11 is 0. The molecule has 150 valence electrons. The van der Waals surface area contributed by atoms with Gasteiger partial charge in [-0.05, 0) is 43.2 Å². The molecule has 0 N–H and O–H groups in total. The van der Waals surface area contributed by atoms with Crippen molar-refractivity contribution in [3.8, 4) is 0 Å². The standard InChI is InChI=1S/C21H29N5O2/c1-15-11-16(2)13-24(12-15)14-20(27)25-9-7-17(8-10-25)26-21(28)18-5-3-4-6-19(18)22-23-26/h3-6,15-17H,7-14H2,1-2H3/t15-,16-/m0/s1. The lowest BCUT2D eigenvalue weighted by atomic mass is 9.92.